The lowest BCUT2D eigenvalue weighted by Gasteiger charge is -2.13. The molecule has 0 saturated heterocycles. The van der Waals surface area contributed by atoms with Crippen molar-refractivity contribution in [2.45, 2.75) is 38.5 Å². The number of nitrogens with one attached hydrogen (secondary N) is 2. The topological polar surface area (TPSA) is 128 Å². The third kappa shape index (κ3) is 7.41. The number of fused-ring (bicyclic) bond motifs is 1. The Kier molecular flexibility index (Phi) is 9.07. The van der Waals surface area contributed by atoms with Crippen LogP contribution in [0.25, 0.3) is 16.8 Å². The monoisotopic (exact) mass is 586 g/mol. The number of hydrogen-bond donors (Lipinski definition) is 2. The molecule has 0 unspecified atom stereocenters. The zero-order valence-electron chi connectivity index (χ0n) is 23.5. The van der Waals surface area contributed by atoms with Gasteiger partial charge in [-0.3, -0.25) is 19.1 Å². The van der Waals surface area contributed by atoms with Crippen LogP contribution < -0.4 is 19.5 Å². The number of ether oxygens (including phenoxy) is 2. The van der Waals surface area contributed by atoms with Gasteiger partial charge in [0.1, 0.15) is 0 Å². The molecule has 0 aliphatic rings. The number of benzene rings is 4. The van der Waals surface area contributed by atoms with Gasteiger partial charge in [0.2, 0.25) is 5.91 Å². The summed E-state index contributed by atoms with van der Waals surface area (Å²) < 4.78 is 39.5. The first-order chi connectivity index (χ1) is 19.9. The minimum absolute atomic E-state index is 0.0347. The highest BCUT2D eigenvalue weighted by Crippen LogP contribution is 2.31. The predicted octanol–water partition coefficient (Wildman–Crippen LogP) is 6.27. The summed E-state index contributed by atoms with van der Waals surface area (Å²) in [7, 11) is -3.93. The highest BCUT2D eigenvalue weighted by atomic mass is 32.2. The van der Waals surface area contributed by atoms with Crippen molar-refractivity contribution in [1.82, 2.24) is 0 Å². The standard InChI is InChI=1S/C32H30N2O7S/c1-20(2)24-13-15-25(16-14-24)34-42(38,39)31-10-6-7-26-27(31)8-5-9-28(26)33-32(37)18-12-23-11-17-29(40-21(3)35)30(19-23)41-22(4)36/h5-20,34H,1-4H3,(H,33,37)/b18-12+. The van der Waals surface area contributed by atoms with Crippen molar-refractivity contribution < 1.29 is 32.3 Å². The molecule has 42 heavy (non-hydrogen) atoms. The van der Waals surface area contributed by atoms with E-state index in [1.165, 1.54) is 44.2 Å². The third-order valence-electron chi connectivity index (χ3n) is 6.16. The second-order valence-electron chi connectivity index (χ2n) is 9.76. The molecule has 0 atom stereocenters. The highest BCUT2D eigenvalue weighted by Gasteiger charge is 2.19. The van der Waals surface area contributed by atoms with Crippen LogP contribution in [0.15, 0.2) is 89.8 Å². The molecule has 0 spiro atoms. The van der Waals surface area contributed by atoms with Gasteiger partial charge < -0.3 is 14.8 Å². The number of amides is 1. The van der Waals surface area contributed by atoms with Crippen LogP contribution in [-0.2, 0) is 24.4 Å². The lowest BCUT2D eigenvalue weighted by atomic mass is 10.0. The fraction of sp³-hybridized carbons (Fsp3) is 0.156. The first-order valence-corrected chi connectivity index (χ1v) is 14.6. The van der Waals surface area contributed by atoms with Crippen molar-refractivity contribution in [3.05, 3.63) is 96.1 Å². The Balaban J connectivity index is 1.56. The molecule has 4 aromatic carbocycles. The Hall–Kier alpha value is -4.96. The molecule has 2 N–H and O–H groups in total. The van der Waals surface area contributed by atoms with Gasteiger partial charge in [0.05, 0.1) is 4.90 Å². The molecule has 0 aliphatic heterocycles. The van der Waals surface area contributed by atoms with E-state index in [1.54, 1.807) is 48.5 Å². The fourth-order valence-electron chi connectivity index (χ4n) is 4.22. The molecule has 0 aliphatic carbocycles. The quantitative estimate of drug-likeness (QED) is 0.134. The van der Waals surface area contributed by atoms with E-state index in [9.17, 15) is 22.8 Å². The van der Waals surface area contributed by atoms with Crippen LogP contribution in [0.2, 0.25) is 0 Å². The first-order valence-electron chi connectivity index (χ1n) is 13.1. The van der Waals surface area contributed by atoms with Gasteiger partial charge in [-0.05, 0) is 59.5 Å². The molecule has 0 aromatic heterocycles. The summed E-state index contributed by atoms with van der Waals surface area (Å²) in [5.41, 5.74) is 2.48. The average molecular weight is 587 g/mol. The Labute approximate surface area is 244 Å². The van der Waals surface area contributed by atoms with Crippen LogP contribution in [0.3, 0.4) is 0 Å². The normalized spacial score (nSPS) is 11.5. The molecular formula is C32H30N2O7S. The van der Waals surface area contributed by atoms with Gasteiger partial charge in [0, 0.05) is 42.1 Å². The highest BCUT2D eigenvalue weighted by molar-refractivity contribution is 7.93. The van der Waals surface area contributed by atoms with Crippen molar-refractivity contribution in [2.75, 3.05) is 10.0 Å². The number of rotatable bonds is 9. The van der Waals surface area contributed by atoms with Crippen molar-refractivity contribution >= 4 is 56.1 Å². The van der Waals surface area contributed by atoms with E-state index in [0.29, 0.717) is 33.6 Å². The number of esters is 2. The van der Waals surface area contributed by atoms with Crippen molar-refractivity contribution in [3.63, 3.8) is 0 Å². The van der Waals surface area contributed by atoms with E-state index in [2.05, 4.69) is 23.9 Å². The summed E-state index contributed by atoms with van der Waals surface area (Å²) in [5, 5.41) is 3.77. The predicted molar refractivity (Wildman–Crippen MR) is 162 cm³/mol. The summed E-state index contributed by atoms with van der Waals surface area (Å²) >= 11 is 0. The maximum atomic E-state index is 13.3. The minimum Gasteiger partial charge on any atom is -0.423 e. The lowest BCUT2D eigenvalue weighted by molar-refractivity contribution is -0.134. The molecule has 9 nitrogen and oxygen atoms in total. The fourth-order valence-corrected chi connectivity index (χ4v) is 5.50. The average Bonchev–Trinajstić information content (AvgIpc) is 2.92. The van der Waals surface area contributed by atoms with Gasteiger partial charge in [-0.2, -0.15) is 0 Å². The first kappa shape index (κ1) is 30.0. The maximum absolute atomic E-state index is 13.3. The van der Waals surface area contributed by atoms with Crippen LogP contribution in [0, 0.1) is 0 Å². The molecule has 0 radical (unpaired) electrons. The Bertz CT molecular complexity index is 1790. The number of hydrogen-bond acceptors (Lipinski definition) is 7. The van der Waals surface area contributed by atoms with Gasteiger partial charge in [0.25, 0.3) is 10.0 Å². The smallest absolute Gasteiger partial charge is 0.308 e. The summed E-state index contributed by atoms with van der Waals surface area (Å²) in [6.45, 7) is 6.57. The summed E-state index contributed by atoms with van der Waals surface area (Å²) in [4.78, 5) is 35.7. The van der Waals surface area contributed by atoms with E-state index < -0.39 is 27.9 Å². The molecule has 10 heteroatoms. The van der Waals surface area contributed by atoms with Gasteiger partial charge >= 0.3 is 11.9 Å². The SMILES string of the molecule is CC(=O)Oc1ccc(/C=C/C(=O)Nc2cccc3c(S(=O)(=O)Nc4ccc(C(C)C)cc4)cccc23)cc1OC(C)=O. The summed E-state index contributed by atoms with van der Waals surface area (Å²) in [6, 6.07) is 21.6. The van der Waals surface area contributed by atoms with E-state index in [1.807, 2.05) is 12.1 Å². The maximum Gasteiger partial charge on any atom is 0.308 e. The Morgan fingerprint density at radius 2 is 1.43 bits per heavy atom. The van der Waals surface area contributed by atoms with Crippen LogP contribution in [-0.4, -0.2) is 26.3 Å². The molecule has 216 valence electrons. The van der Waals surface area contributed by atoms with Gasteiger partial charge in [-0.25, -0.2) is 8.42 Å². The minimum atomic E-state index is -3.93. The van der Waals surface area contributed by atoms with Crippen LogP contribution in [0.4, 0.5) is 11.4 Å². The largest absolute Gasteiger partial charge is 0.423 e. The molecule has 1 amide bonds. The Morgan fingerprint density at radius 3 is 2.10 bits per heavy atom. The molecule has 4 rings (SSSR count). The molecule has 0 heterocycles. The van der Waals surface area contributed by atoms with Crippen LogP contribution in [0.1, 0.15) is 44.7 Å². The van der Waals surface area contributed by atoms with E-state index in [-0.39, 0.29) is 16.4 Å². The number of anilines is 2. The Morgan fingerprint density at radius 1 is 0.786 bits per heavy atom. The summed E-state index contributed by atoms with van der Waals surface area (Å²) in [6.07, 6.45) is 2.77. The number of sulfonamides is 1. The van der Waals surface area contributed by atoms with E-state index >= 15 is 0 Å². The zero-order valence-corrected chi connectivity index (χ0v) is 24.3. The van der Waals surface area contributed by atoms with Crippen molar-refractivity contribution in [3.8, 4) is 11.5 Å². The van der Waals surface area contributed by atoms with E-state index in [0.717, 1.165) is 5.56 Å². The van der Waals surface area contributed by atoms with Crippen molar-refractivity contribution in [2.24, 2.45) is 0 Å². The molecule has 0 fully saturated rings. The molecule has 0 saturated carbocycles. The molecule has 0 bridgehead atoms. The number of carbonyl (C=O) groups excluding carboxylic acids is 3. The second kappa shape index (κ2) is 12.7. The third-order valence-corrected chi connectivity index (χ3v) is 7.60. The zero-order chi connectivity index (χ0) is 30.4. The molecular weight excluding hydrogens is 556 g/mol. The van der Waals surface area contributed by atoms with Gasteiger partial charge in [-0.15, -0.1) is 0 Å². The second-order valence-corrected chi connectivity index (χ2v) is 11.4. The molecule has 4 aromatic rings. The number of carbonyl (C=O) groups is 3. The lowest BCUT2D eigenvalue weighted by Crippen LogP contribution is -2.14. The van der Waals surface area contributed by atoms with Crippen LogP contribution >= 0.6 is 0 Å². The van der Waals surface area contributed by atoms with E-state index in [4.69, 9.17) is 9.47 Å². The van der Waals surface area contributed by atoms with Crippen LogP contribution in [0.5, 0.6) is 11.5 Å². The van der Waals surface area contributed by atoms with Crippen molar-refractivity contribution in [1.29, 1.82) is 0 Å². The van der Waals surface area contributed by atoms with Gasteiger partial charge in [0.15, 0.2) is 11.5 Å². The van der Waals surface area contributed by atoms with Gasteiger partial charge in [-0.1, -0.05) is 56.3 Å². The summed E-state index contributed by atoms with van der Waals surface area (Å²) in [5.74, 6) is -1.22.